The Morgan fingerprint density at radius 3 is 2.81 bits per heavy atom. The molecule has 4 nitrogen and oxygen atoms in total. The fourth-order valence-electron chi connectivity index (χ4n) is 1.37. The highest BCUT2D eigenvalue weighted by molar-refractivity contribution is 7.09. The molecule has 0 amide bonds. The lowest BCUT2D eigenvalue weighted by atomic mass is 10.3. The molecule has 5 heteroatoms. The maximum absolute atomic E-state index is 5.52. The zero-order chi connectivity index (χ0) is 11.5. The molecular weight excluding hydrogens is 220 g/mol. The molecule has 0 aromatic carbocycles. The molecule has 2 aromatic rings. The molecule has 0 fully saturated rings. The number of hydrogen-bond donors (Lipinski definition) is 2. The lowest BCUT2D eigenvalue weighted by molar-refractivity contribution is 0.862. The van der Waals surface area contributed by atoms with Crippen LogP contribution in [0.4, 0.5) is 11.5 Å². The summed E-state index contributed by atoms with van der Waals surface area (Å²) in [4.78, 5) is 8.46. The van der Waals surface area contributed by atoms with Crippen LogP contribution in [0.3, 0.4) is 0 Å². The van der Waals surface area contributed by atoms with Crippen molar-refractivity contribution in [3.8, 4) is 0 Å². The van der Waals surface area contributed by atoms with Gasteiger partial charge in [-0.2, -0.15) is 0 Å². The Bertz CT molecular complexity index is 463. The van der Waals surface area contributed by atoms with Crippen molar-refractivity contribution < 1.29 is 0 Å². The van der Waals surface area contributed by atoms with Crippen LogP contribution in [0.1, 0.15) is 23.7 Å². The van der Waals surface area contributed by atoms with E-state index in [1.807, 2.05) is 13.0 Å². The van der Waals surface area contributed by atoms with Gasteiger partial charge < -0.3 is 11.1 Å². The highest BCUT2D eigenvalue weighted by Crippen LogP contribution is 2.21. The summed E-state index contributed by atoms with van der Waals surface area (Å²) in [6.45, 7) is 4.08. The summed E-state index contributed by atoms with van der Waals surface area (Å²) in [6.07, 6.45) is 1.73. The highest BCUT2D eigenvalue weighted by Gasteiger charge is 2.08. The summed E-state index contributed by atoms with van der Waals surface area (Å²) < 4.78 is 0. The number of nitrogens with one attached hydrogen (secondary N) is 1. The number of nitrogens with zero attached hydrogens (tertiary/aromatic N) is 2. The first kappa shape index (κ1) is 10.9. The van der Waals surface area contributed by atoms with Gasteiger partial charge in [-0.1, -0.05) is 0 Å². The molecule has 3 N–H and O–H groups in total. The van der Waals surface area contributed by atoms with Crippen molar-refractivity contribution in [2.75, 3.05) is 11.1 Å². The van der Waals surface area contributed by atoms with Gasteiger partial charge in [0.15, 0.2) is 0 Å². The van der Waals surface area contributed by atoms with E-state index in [4.69, 9.17) is 5.73 Å². The molecule has 0 saturated carbocycles. The van der Waals surface area contributed by atoms with Crippen LogP contribution in [0.5, 0.6) is 0 Å². The normalized spacial score (nSPS) is 12.4. The van der Waals surface area contributed by atoms with Crippen LogP contribution in [-0.4, -0.2) is 9.97 Å². The molecule has 1 unspecified atom stereocenters. The van der Waals surface area contributed by atoms with Crippen molar-refractivity contribution in [3.05, 3.63) is 34.4 Å². The van der Waals surface area contributed by atoms with E-state index in [1.165, 1.54) is 0 Å². The molecule has 0 spiro atoms. The molecular formula is C11H14N4S. The van der Waals surface area contributed by atoms with Crippen molar-refractivity contribution in [2.45, 2.75) is 19.9 Å². The van der Waals surface area contributed by atoms with E-state index in [9.17, 15) is 0 Å². The molecule has 0 bridgehead atoms. The van der Waals surface area contributed by atoms with Crippen LogP contribution in [0.2, 0.25) is 0 Å². The Labute approximate surface area is 98.6 Å². The number of thiazole rings is 1. The SMILES string of the molecule is Cc1csc(C(C)Nc2ccc(N)nc2)n1. The number of nitrogens with two attached hydrogens (primary N) is 1. The highest BCUT2D eigenvalue weighted by atomic mass is 32.1. The van der Waals surface area contributed by atoms with E-state index in [0.29, 0.717) is 5.82 Å². The van der Waals surface area contributed by atoms with Gasteiger partial charge in [0, 0.05) is 11.1 Å². The smallest absolute Gasteiger partial charge is 0.123 e. The minimum absolute atomic E-state index is 0.184. The minimum Gasteiger partial charge on any atom is -0.384 e. The van der Waals surface area contributed by atoms with E-state index in [2.05, 4.69) is 27.6 Å². The second kappa shape index (κ2) is 4.49. The Kier molecular flexibility index (Phi) is 3.05. The fraction of sp³-hybridized carbons (Fsp3) is 0.273. The molecule has 0 aliphatic heterocycles. The number of anilines is 2. The standard InChI is InChI=1S/C11H14N4S/c1-7-6-16-11(14-7)8(2)15-9-3-4-10(12)13-5-9/h3-6,8,15H,1-2H3,(H2,12,13). The van der Waals surface area contributed by atoms with Gasteiger partial charge in [0.05, 0.1) is 17.9 Å². The van der Waals surface area contributed by atoms with Crippen molar-refractivity contribution in [1.29, 1.82) is 0 Å². The number of aromatic nitrogens is 2. The second-order valence-electron chi connectivity index (χ2n) is 3.66. The molecule has 16 heavy (non-hydrogen) atoms. The Balaban J connectivity index is 2.07. The predicted octanol–water partition coefficient (Wildman–Crippen LogP) is 2.60. The molecule has 1 atom stereocenters. The lowest BCUT2D eigenvalue weighted by Crippen LogP contribution is -2.06. The largest absolute Gasteiger partial charge is 0.384 e. The molecule has 2 rings (SSSR count). The zero-order valence-electron chi connectivity index (χ0n) is 9.27. The maximum Gasteiger partial charge on any atom is 0.123 e. The van der Waals surface area contributed by atoms with Crippen LogP contribution in [0.25, 0.3) is 0 Å². The van der Waals surface area contributed by atoms with Gasteiger partial charge in [-0.25, -0.2) is 9.97 Å². The fourth-order valence-corrected chi connectivity index (χ4v) is 2.18. The third kappa shape index (κ3) is 2.49. The summed E-state index contributed by atoms with van der Waals surface area (Å²) in [5.41, 5.74) is 7.54. The van der Waals surface area contributed by atoms with Crippen LogP contribution in [-0.2, 0) is 0 Å². The van der Waals surface area contributed by atoms with Crippen molar-refractivity contribution in [1.82, 2.24) is 9.97 Å². The maximum atomic E-state index is 5.52. The number of rotatable bonds is 3. The van der Waals surface area contributed by atoms with Gasteiger partial charge in [0.1, 0.15) is 10.8 Å². The Morgan fingerprint density at radius 2 is 2.25 bits per heavy atom. The summed E-state index contributed by atoms with van der Waals surface area (Å²) in [5, 5.41) is 6.46. The quantitative estimate of drug-likeness (QED) is 0.856. The zero-order valence-corrected chi connectivity index (χ0v) is 10.1. The number of hydrogen-bond acceptors (Lipinski definition) is 5. The van der Waals surface area contributed by atoms with Crippen LogP contribution in [0.15, 0.2) is 23.7 Å². The summed E-state index contributed by atoms with van der Waals surface area (Å²) in [7, 11) is 0. The molecule has 0 aliphatic rings. The molecule has 84 valence electrons. The van der Waals surface area contributed by atoms with Crippen LogP contribution < -0.4 is 11.1 Å². The molecule has 0 aliphatic carbocycles. The molecule has 2 aromatic heterocycles. The number of aryl methyl sites for hydroxylation is 1. The van der Waals surface area contributed by atoms with Gasteiger partial charge >= 0.3 is 0 Å². The van der Waals surface area contributed by atoms with E-state index in [1.54, 1.807) is 23.6 Å². The average Bonchev–Trinajstić information content (AvgIpc) is 2.68. The molecule has 2 heterocycles. The summed E-state index contributed by atoms with van der Waals surface area (Å²) in [5.74, 6) is 0.531. The lowest BCUT2D eigenvalue weighted by Gasteiger charge is -2.12. The van der Waals surface area contributed by atoms with Gasteiger partial charge in [0.25, 0.3) is 0 Å². The second-order valence-corrected chi connectivity index (χ2v) is 4.55. The molecule has 0 saturated heterocycles. The average molecular weight is 234 g/mol. The van der Waals surface area contributed by atoms with Crippen molar-refractivity contribution >= 4 is 22.8 Å². The first-order chi connectivity index (χ1) is 7.65. The van der Waals surface area contributed by atoms with Crippen molar-refractivity contribution in [3.63, 3.8) is 0 Å². The van der Waals surface area contributed by atoms with E-state index in [0.717, 1.165) is 16.4 Å². The third-order valence-corrected chi connectivity index (χ3v) is 3.32. The minimum atomic E-state index is 0.184. The number of pyridine rings is 1. The summed E-state index contributed by atoms with van der Waals surface area (Å²) in [6, 6.07) is 3.88. The van der Waals surface area contributed by atoms with Crippen molar-refractivity contribution in [2.24, 2.45) is 0 Å². The van der Waals surface area contributed by atoms with Crippen LogP contribution >= 0.6 is 11.3 Å². The number of nitrogen functional groups attached to an aromatic ring is 1. The predicted molar refractivity (Wildman–Crippen MR) is 67.5 cm³/mol. The molecule has 0 radical (unpaired) electrons. The van der Waals surface area contributed by atoms with E-state index >= 15 is 0 Å². The third-order valence-electron chi connectivity index (χ3n) is 2.18. The Morgan fingerprint density at radius 1 is 1.44 bits per heavy atom. The van der Waals surface area contributed by atoms with Gasteiger partial charge in [-0.05, 0) is 26.0 Å². The van der Waals surface area contributed by atoms with Crippen LogP contribution in [0, 0.1) is 6.92 Å². The monoisotopic (exact) mass is 234 g/mol. The van der Waals surface area contributed by atoms with Gasteiger partial charge in [0.2, 0.25) is 0 Å². The van der Waals surface area contributed by atoms with Gasteiger partial charge in [-0.15, -0.1) is 11.3 Å². The van der Waals surface area contributed by atoms with Gasteiger partial charge in [-0.3, -0.25) is 0 Å². The Hall–Kier alpha value is -1.62. The summed E-state index contributed by atoms with van der Waals surface area (Å²) >= 11 is 1.66. The van der Waals surface area contributed by atoms with E-state index < -0.39 is 0 Å². The van der Waals surface area contributed by atoms with E-state index in [-0.39, 0.29) is 6.04 Å². The topological polar surface area (TPSA) is 63.8 Å². The first-order valence-corrected chi connectivity index (χ1v) is 5.93. The first-order valence-electron chi connectivity index (χ1n) is 5.05.